The minimum absolute atomic E-state index is 0.448. The first-order chi connectivity index (χ1) is 11.5. The van der Waals surface area contributed by atoms with Crippen molar-refractivity contribution < 1.29 is 8.42 Å². The third-order valence-corrected chi connectivity index (χ3v) is 5.81. The Labute approximate surface area is 142 Å². The molecule has 0 amide bonds. The van der Waals surface area contributed by atoms with Gasteiger partial charge in [0.1, 0.15) is 5.69 Å². The number of hydrogen-bond donors (Lipinski definition) is 0. The lowest BCUT2D eigenvalue weighted by atomic mass is 9.93. The van der Waals surface area contributed by atoms with Crippen LogP contribution in [0.1, 0.15) is 25.5 Å². The van der Waals surface area contributed by atoms with Crippen molar-refractivity contribution in [3.63, 3.8) is 0 Å². The molecule has 2 aromatic rings. The average molecular weight is 349 g/mol. The van der Waals surface area contributed by atoms with E-state index in [1.54, 1.807) is 22.9 Å². The van der Waals surface area contributed by atoms with Crippen molar-refractivity contribution >= 4 is 10.0 Å². The van der Waals surface area contributed by atoms with Gasteiger partial charge in [0, 0.05) is 32.0 Å². The number of piperidine rings is 1. The van der Waals surface area contributed by atoms with Crippen molar-refractivity contribution in [2.45, 2.75) is 32.7 Å². The van der Waals surface area contributed by atoms with Gasteiger partial charge in [-0.15, -0.1) is 0 Å². The molecular weight excluding hydrogens is 326 g/mol. The highest BCUT2D eigenvalue weighted by Crippen LogP contribution is 2.23. The summed E-state index contributed by atoms with van der Waals surface area (Å²) >= 11 is 0. The number of aromatic nitrogens is 4. The first kappa shape index (κ1) is 17.0. The minimum Gasteiger partial charge on any atom is -0.264 e. The summed E-state index contributed by atoms with van der Waals surface area (Å²) in [4.78, 5) is 9.06. The second kappa shape index (κ2) is 6.98. The van der Waals surface area contributed by atoms with Crippen molar-refractivity contribution in [1.29, 1.82) is 0 Å². The Kier molecular flexibility index (Phi) is 4.96. The first-order valence-corrected chi connectivity index (χ1v) is 10.1. The molecule has 1 fully saturated rings. The van der Waals surface area contributed by atoms with Gasteiger partial charge < -0.3 is 0 Å². The predicted molar refractivity (Wildman–Crippen MR) is 91.8 cm³/mol. The van der Waals surface area contributed by atoms with Gasteiger partial charge in [0.25, 0.3) is 0 Å². The maximum atomic E-state index is 11.6. The molecule has 0 atom stereocenters. The molecule has 1 aliphatic rings. The largest absolute Gasteiger partial charge is 0.264 e. The molecule has 0 saturated carbocycles. The second-order valence-electron chi connectivity index (χ2n) is 6.24. The fourth-order valence-electron chi connectivity index (χ4n) is 3.17. The molecule has 0 aliphatic carbocycles. The summed E-state index contributed by atoms with van der Waals surface area (Å²) in [7, 11) is -3.07. The van der Waals surface area contributed by atoms with Crippen LogP contribution in [-0.2, 0) is 23.0 Å². The monoisotopic (exact) mass is 349 g/mol. The van der Waals surface area contributed by atoms with Crippen molar-refractivity contribution in [3.8, 4) is 11.4 Å². The van der Waals surface area contributed by atoms with Crippen molar-refractivity contribution in [1.82, 2.24) is 24.1 Å². The van der Waals surface area contributed by atoms with Gasteiger partial charge in [-0.25, -0.2) is 17.7 Å². The molecule has 0 unspecified atom stereocenters. The topological polar surface area (TPSA) is 81.0 Å². The van der Waals surface area contributed by atoms with E-state index in [4.69, 9.17) is 4.98 Å². The average Bonchev–Trinajstić information content (AvgIpc) is 3.03. The third-order valence-electron chi connectivity index (χ3n) is 4.50. The van der Waals surface area contributed by atoms with Gasteiger partial charge in [-0.05, 0) is 38.2 Å². The van der Waals surface area contributed by atoms with Crippen LogP contribution in [0.2, 0.25) is 0 Å². The summed E-state index contributed by atoms with van der Waals surface area (Å²) in [5, 5.41) is 4.27. The van der Waals surface area contributed by atoms with Crippen LogP contribution in [-0.4, -0.2) is 51.8 Å². The maximum Gasteiger partial charge on any atom is 0.211 e. The van der Waals surface area contributed by atoms with Crippen LogP contribution in [0.25, 0.3) is 11.4 Å². The highest BCUT2D eigenvalue weighted by Gasteiger charge is 2.25. The fourth-order valence-corrected chi connectivity index (χ4v) is 4.05. The van der Waals surface area contributed by atoms with Gasteiger partial charge in [-0.1, -0.05) is 0 Å². The zero-order valence-electron chi connectivity index (χ0n) is 14.1. The van der Waals surface area contributed by atoms with Crippen LogP contribution in [0, 0.1) is 5.92 Å². The zero-order valence-corrected chi connectivity index (χ0v) is 14.9. The molecule has 24 heavy (non-hydrogen) atoms. The summed E-state index contributed by atoms with van der Waals surface area (Å²) in [6.45, 7) is 4.03. The van der Waals surface area contributed by atoms with E-state index in [1.807, 2.05) is 17.7 Å². The lowest BCUT2D eigenvalue weighted by Gasteiger charge is -2.30. The van der Waals surface area contributed by atoms with Crippen molar-refractivity contribution in [2.75, 3.05) is 19.3 Å². The molecule has 7 nitrogen and oxygen atoms in total. The second-order valence-corrected chi connectivity index (χ2v) is 8.22. The van der Waals surface area contributed by atoms with Crippen LogP contribution in [0.15, 0.2) is 24.7 Å². The number of aryl methyl sites for hydroxylation is 1. The number of nitrogens with zero attached hydrogens (tertiary/aromatic N) is 5. The van der Waals surface area contributed by atoms with Crippen LogP contribution in [0.3, 0.4) is 0 Å². The summed E-state index contributed by atoms with van der Waals surface area (Å²) in [5.41, 5.74) is 2.76. The molecule has 3 heterocycles. The SMILES string of the molecule is CCn1nccc1-c1cncc(CC2CCN(S(C)(=O)=O)CC2)n1. The van der Waals surface area contributed by atoms with E-state index < -0.39 is 10.0 Å². The standard InChI is InChI=1S/C16H23N5O2S/c1-3-21-16(4-7-18-21)15-12-17-11-14(19-15)10-13-5-8-20(9-6-13)24(2,22)23/h4,7,11-13H,3,5-6,8-10H2,1-2H3. The Bertz CT molecular complexity index is 794. The summed E-state index contributed by atoms with van der Waals surface area (Å²) in [6, 6.07) is 1.95. The smallest absolute Gasteiger partial charge is 0.211 e. The van der Waals surface area contributed by atoms with E-state index in [1.165, 1.54) is 6.26 Å². The normalized spacial score (nSPS) is 17.2. The molecular formula is C16H23N5O2S. The lowest BCUT2D eigenvalue weighted by Crippen LogP contribution is -2.38. The maximum absolute atomic E-state index is 11.6. The van der Waals surface area contributed by atoms with Gasteiger partial charge in [-0.3, -0.25) is 9.67 Å². The first-order valence-electron chi connectivity index (χ1n) is 8.25. The summed E-state index contributed by atoms with van der Waals surface area (Å²) < 4.78 is 26.6. The van der Waals surface area contributed by atoms with Crippen LogP contribution < -0.4 is 0 Å². The van der Waals surface area contributed by atoms with Gasteiger partial charge in [-0.2, -0.15) is 5.10 Å². The Morgan fingerprint density at radius 3 is 2.67 bits per heavy atom. The Morgan fingerprint density at radius 2 is 2.00 bits per heavy atom. The molecule has 0 aromatic carbocycles. The molecule has 1 saturated heterocycles. The van der Waals surface area contributed by atoms with Gasteiger partial charge >= 0.3 is 0 Å². The Morgan fingerprint density at radius 1 is 1.25 bits per heavy atom. The van der Waals surface area contributed by atoms with E-state index in [0.29, 0.717) is 19.0 Å². The molecule has 8 heteroatoms. The Balaban J connectivity index is 1.68. The van der Waals surface area contributed by atoms with Gasteiger partial charge in [0.15, 0.2) is 0 Å². The van der Waals surface area contributed by atoms with Crippen molar-refractivity contribution in [2.24, 2.45) is 5.92 Å². The van der Waals surface area contributed by atoms with E-state index in [2.05, 4.69) is 10.1 Å². The molecule has 3 rings (SSSR count). The molecule has 0 spiro atoms. The number of rotatable bonds is 5. The quantitative estimate of drug-likeness (QED) is 0.818. The van der Waals surface area contributed by atoms with Crippen LogP contribution in [0.5, 0.6) is 0 Å². The summed E-state index contributed by atoms with van der Waals surface area (Å²) in [5.74, 6) is 0.448. The molecule has 130 valence electrons. The number of sulfonamides is 1. The number of hydrogen-bond acceptors (Lipinski definition) is 5. The highest BCUT2D eigenvalue weighted by molar-refractivity contribution is 7.88. The molecule has 0 N–H and O–H groups in total. The predicted octanol–water partition coefficient (Wildman–Crippen LogP) is 1.57. The molecule has 0 bridgehead atoms. The van der Waals surface area contributed by atoms with Crippen LogP contribution in [0.4, 0.5) is 0 Å². The van der Waals surface area contributed by atoms with Crippen molar-refractivity contribution in [3.05, 3.63) is 30.4 Å². The highest BCUT2D eigenvalue weighted by atomic mass is 32.2. The fraction of sp³-hybridized carbons (Fsp3) is 0.562. The van der Waals surface area contributed by atoms with E-state index in [9.17, 15) is 8.42 Å². The minimum atomic E-state index is -3.07. The van der Waals surface area contributed by atoms with E-state index >= 15 is 0 Å². The lowest BCUT2D eigenvalue weighted by molar-refractivity contribution is 0.273. The molecule has 1 aliphatic heterocycles. The molecule has 2 aromatic heterocycles. The summed E-state index contributed by atoms with van der Waals surface area (Å²) in [6.07, 6.45) is 9.18. The zero-order chi connectivity index (χ0) is 17.2. The van der Waals surface area contributed by atoms with Gasteiger partial charge in [0.05, 0.1) is 23.8 Å². The van der Waals surface area contributed by atoms with E-state index in [0.717, 1.165) is 42.9 Å². The van der Waals surface area contributed by atoms with Crippen LogP contribution >= 0.6 is 0 Å². The van der Waals surface area contributed by atoms with Gasteiger partial charge in [0.2, 0.25) is 10.0 Å². The third kappa shape index (κ3) is 3.81. The Hall–Kier alpha value is -1.80. The van der Waals surface area contributed by atoms with E-state index in [-0.39, 0.29) is 0 Å². The molecule has 0 radical (unpaired) electrons.